The van der Waals surface area contributed by atoms with Crippen LogP contribution in [0.15, 0.2) is 42.5 Å². The van der Waals surface area contributed by atoms with Crippen molar-refractivity contribution in [3.8, 4) is 11.5 Å². The zero-order valence-corrected chi connectivity index (χ0v) is 15.0. The number of ether oxygens (including phenoxy) is 3. The average Bonchev–Trinajstić information content (AvgIpc) is 2.67. The van der Waals surface area contributed by atoms with Crippen molar-refractivity contribution in [2.75, 3.05) is 38.0 Å². The van der Waals surface area contributed by atoms with Gasteiger partial charge in [-0.25, -0.2) is 4.79 Å². The highest BCUT2D eigenvalue weighted by atomic mass is 16.5. The van der Waals surface area contributed by atoms with Gasteiger partial charge in [-0.2, -0.15) is 0 Å². The summed E-state index contributed by atoms with van der Waals surface area (Å²) in [6.07, 6.45) is 0. The summed E-state index contributed by atoms with van der Waals surface area (Å²) in [6.45, 7) is 2.13. The molecule has 7 heteroatoms. The molecule has 0 aliphatic rings. The molecule has 0 unspecified atom stereocenters. The van der Waals surface area contributed by atoms with Gasteiger partial charge in [0.05, 0.1) is 38.6 Å². The third-order valence-corrected chi connectivity index (χ3v) is 3.53. The van der Waals surface area contributed by atoms with Crippen LogP contribution in [-0.4, -0.2) is 39.2 Å². The van der Waals surface area contributed by atoms with Crippen LogP contribution in [0.5, 0.6) is 11.5 Å². The minimum absolute atomic E-state index is 0.0547. The Balaban J connectivity index is 1.94. The average molecular weight is 358 g/mol. The summed E-state index contributed by atoms with van der Waals surface area (Å²) in [4.78, 5) is 23.8. The summed E-state index contributed by atoms with van der Waals surface area (Å²) in [7, 11) is 3.08. The molecule has 0 bridgehead atoms. The van der Waals surface area contributed by atoms with Crippen molar-refractivity contribution < 1.29 is 23.8 Å². The maximum absolute atomic E-state index is 12.2. The molecule has 0 saturated heterocycles. The van der Waals surface area contributed by atoms with E-state index in [1.807, 2.05) is 0 Å². The zero-order valence-electron chi connectivity index (χ0n) is 15.0. The number of nitrogens with one attached hydrogen (secondary N) is 2. The quantitative estimate of drug-likeness (QED) is 0.706. The maximum Gasteiger partial charge on any atom is 0.338 e. The number of esters is 1. The third kappa shape index (κ3) is 5.14. The Hall–Kier alpha value is -3.22. The normalized spacial score (nSPS) is 9.96. The molecule has 0 aromatic heterocycles. The number of hydrogen-bond donors (Lipinski definition) is 2. The second-order valence-corrected chi connectivity index (χ2v) is 5.27. The van der Waals surface area contributed by atoms with Gasteiger partial charge < -0.3 is 24.8 Å². The van der Waals surface area contributed by atoms with E-state index in [1.165, 1.54) is 7.11 Å². The van der Waals surface area contributed by atoms with Crippen molar-refractivity contribution in [1.29, 1.82) is 0 Å². The first-order chi connectivity index (χ1) is 12.6. The molecule has 0 aliphatic carbocycles. The first kappa shape index (κ1) is 19.1. The van der Waals surface area contributed by atoms with E-state index in [0.717, 1.165) is 0 Å². The number of benzene rings is 2. The lowest BCUT2D eigenvalue weighted by atomic mass is 10.2. The summed E-state index contributed by atoms with van der Waals surface area (Å²) in [5.74, 6) is 0.537. The van der Waals surface area contributed by atoms with Gasteiger partial charge in [0.2, 0.25) is 5.91 Å². The molecule has 1 amide bonds. The van der Waals surface area contributed by atoms with Crippen LogP contribution >= 0.6 is 0 Å². The minimum Gasteiger partial charge on any atom is -0.497 e. The fourth-order valence-corrected chi connectivity index (χ4v) is 2.23. The Bertz CT molecular complexity index is 759. The van der Waals surface area contributed by atoms with E-state index < -0.39 is 0 Å². The molecule has 2 rings (SSSR count). The van der Waals surface area contributed by atoms with Crippen molar-refractivity contribution in [2.45, 2.75) is 6.92 Å². The number of hydrogen-bond acceptors (Lipinski definition) is 6. The second kappa shape index (κ2) is 9.31. The van der Waals surface area contributed by atoms with Crippen molar-refractivity contribution in [1.82, 2.24) is 0 Å². The van der Waals surface area contributed by atoms with Gasteiger partial charge in [-0.05, 0) is 43.3 Å². The molecule has 0 atom stereocenters. The van der Waals surface area contributed by atoms with Crippen LogP contribution in [-0.2, 0) is 9.53 Å². The van der Waals surface area contributed by atoms with Gasteiger partial charge in [0.1, 0.15) is 11.5 Å². The van der Waals surface area contributed by atoms with E-state index in [4.69, 9.17) is 14.2 Å². The highest BCUT2D eigenvalue weighted by Gasteiger charge is 2.10. The van der Waals surface area contributed by atoms with Gasteiger partial charge in [-0.15, -0.1) is 0 Å². The lowest BCUT2D eigenvalue weighted by Crippen LogP contribution is -2.22. The standard InChI is InChI=1S/C19H22N2O5/c1-4-26-19(23)13-5-7-14(8-6-13)20-12-18(22)21-16-11-15(24-2)9-10-17(16)25-3/h5-11,20H,4,12H2,1-3H3,(H,21,22). The maximum atomic E-state index is 12.2. The number of carbonyl (C=O) groups is 2. The van der Waals surface area contributed by atoms with E-state index in [2.05, 4.69) is 10.6 Å². The number of anilines is 2. The molecule has 2 aromatic rings. The van der Waals surface area contributed by atoms with Gasteiger partial charge in [-0.1, -0.05) is 0 Å². The zero-order chi connectivity index (χ0) is 18.9. The Kier molecular flexibility index (Phi) is 6.84. The predicted molar refractivity (Wildman–Crippen MR) is 99.1 cm³/mol. The molecular weight excluding hydrogens is 336 g/mol. The molecule has 2 N–H and O–H groups in total. The lowest BCUT2D eigenvalue weighted by Gasteiger charge is -2.12. The Morgan fingerprint density at radius 1 is 1.00 bits per heavy atom. The number of rotatable bonds is 8. The Morgan fingerprint density at radius 3 is 2.35 bits per heavy atom. The SMILES string of the molecule is CCOC(=O)c1ccc(NCC(=O)Nc2cc(OC)ccc2OC)cc1. The second-order valence-electron chi connectivity index (χ2n) is 5.27. The van der Waals surface area contributed by atoms with Gasteiger partial charge >= 0.3 is 5.97 Å². The smallest absolute Gasteiger partial charge is 0.338 e. The molecule has 0 saturated carbocycles. The fraction of sp³-hybridized carbons (Fsp3) is 0.263. The first-order valence-electron chi connectivity index (χ1n) is 8.10. The lowest BCUT2D eigenvalue weighted by molar-refractivity contribution is -0.114. The third-order valence-electron chi connectivity index (χ3n) is 3.53. The fourth-order valence-electron chi connectivity index (χ4n) is 2.23. The van der Waals surface area contributed by atoms with Crippen LogP contribution in [0.4, 0.5) is 11.4 Å². The van der Waals surface area contributed by atoms with E-state index in [-0.39, 0.29) is 18.4 Å². The van der Waals surface area contributed by atoms with Crippen LogP contribution in [0.2, 0.25) is 0 Å². The van der Waals surface area contributed by atoms with E-state index in [0.29, 0.717) is 35.0 Å². The highest BCUT2D eigenvalue weighted by molar-refractivity contribution is 5.95. The van der Waals surface area contributed by atoms with Crippen molar-refractivity contribution in [3.63, 3.8) is 0 Å². The van der Waals surface area contributed by atoms with Gasteiger partial charge in [0, 0.05) is 11.8 Å². The Labute approximate surface area is 152 Å². The van der Waals surface area contributed by atoms with E-state index in [1.54, 1.807) is 56.5 Å². The van der Waals surface area contributed by atoms with Gasteiger partial charge in [0.15, 0.2) is 0 Å². The van der Waals surface area contributed by atoms with Crippen LogP contribution in [0.3, 0.4) is 0 Å². The minimum atomic E-state index is -0.373. The van der Waals surface area contributed by atoms with Crippen LogP contribution in [0, 0.1) is 0 Å². The molecular formula is C19H22N2O5. The van der Waals surface area contributed by atoms with Crippen LogP contribution in [0.25, 0.3) is 0 Å². The predicted octanol–water partition coefficient (Wildman–Crippen LogP) is 2.93. The molecule has 0 heterocycles. The van der Waals surface area contributed by atoms with E-state index in [9.17, 15) is 9.59 Å². The summed E-state index contributed by atoms with van der Waals surface area (Å²) in [5, 5.41) is 5.76. The topological polar surface area (TPSA) is 85.9 Å². The van der Waals surface area contributed by atoms with E-state index >= 15 is 0 Å². The van der Waals surface area contributed by atoms with Crippen molar-refractivity contribution >= 4 is 23.3 Å². The highest BCUT2D eigenvalue weighted by Crippen LogP contribution is 2.28. The first-order valence-corrected chi connectivity index (χ1v) is 8.10. The summed E-state index contributed by atoms with van der Waals surface area (Å²) < 4.78 is 15.3. The number of methoxy groups -OCH3 is 2. The van der Waals surface area contributed by atoms with Crippen LogP contribution < -0.4 is 20.1 Å². The molecule has 26 heavy (non-hydrogen) atoms. The summed E-state index contributed by atoms with van der Waals surface area (Å²) >= 11 is 0. The Morgan fingerprint density at radius 2 is 1.73 bits per heavy atom. The molecule has 2 aromatic carbocycles. The van der Waals surface area contributed by atoms with Gasteiger partial charge in [0.25, 0.3) is 0 Å². The molecule has 7 nitrogen and oxygen atoms in total. The summed E-state index contributed by atoms with van der Waals surface area (Å²) in [6, 6.07) is 11.9. The van der Waals surface area contributed by atoms with Crippen LogP contribution in [0.1, 0.15) is 17.3 Å². The van der Waals surface area contributed by atoms with Crippen molar-refractivity contribution in [2.24, 2.45) is 0 Å². The number of amides is 1. The summed E-state index contributed by atoms with van der Waals surface area (Å²) in [5.41, 5.74) is 1.70. The van der Waals surface area contributed by atoms with Crippen molar-refractivity contribution in [3.05, 3.63) is 48.0 Å². The molecule has 0 radical (unpaired) electrons. The molecule has 0 aliphatic heterocycles. The molecule has 0 fully saturated rings. The monoisotopic (exact) mass is 358 g/mol. The van der Waals surface area contributed by atoms with Gasteiger partial charge in [-0.3, -0.25) is 4.79 Å². The number of carbonyl (C=O) groups excluding carboxylic acids is 2. The molecule has 138 valence electrons. The molecule has 0 spiro atoms. The largest absolute Gasteiger partial charge is 0.497 e.